The van der Waals surface area contributed by atoms with Crippen molar-refractivity contribution in [2.45, 2.75) is 30.4 Å². The first-order valence-corrected chi connectivity index (χ1v) is 9.33. The molecule has 1 aliphatic rings. The lowest BCUT2D eigenvalue weighted by molar-refractivity contribution is -0.138. The molecule has 0 amide bonds. The summed E-state index contributed by atoms with van der Waals surface area (Å²) in [5.41, 5.74) is 0.896. The minimum Gasteiger partial charge on any atom is -0.481 e. The topological polar surface area (TPSA) is 74.7 Å². The molecule has 112 valence electrons. The van der Waals surface area contributed by atoms with Gasteiger partial charge in [-0.15, -0.1) is 11.3 Å². The number of carboxylic acid groups (broad SMARTS) is 1. The molecule has 0 spiro atoms. The molecule has 1 unspecified atom stereocenters. The van der Waals surface area contributed by atoms with Crippen LogP contribution in [0.25, 0.3) is 0 Å². The first kappa shape index (κ1) is 15.9. The third-order valence-corrected chi connectivity index (χ3v) is 7.82. The second kappa shape index (κ2) is 6.13. The summed E-state index contributed by atoms with van der Waals surface area (Å²) in [6.45, 7) is 2.61. The molecule has 0 bridgehead atoms. The highest BCUT2D eigenvalue weighted by Gasteiger charge is 2.32. The van der Waals surface area contributed by atoms with E-state index in [1.807, 2.05) is 6.92 Å². The maximum atomic E-state index is 12.6. The van der Waals surface area contributed by atoms with Crippen LogP contribution < -0.4 is 0 Å². The van der Waals surface area contributed by atoms with Gasteiger partial charge in [-0.05, 0) is 53.2 Å². The molecular weight excluding hydrogens is 366 g/mol. The third-order valence-electron chi connectivity index (χ3n) is 3.37. The average Bonchev–Trinajstić information content (AvgIpc) is 2.70. The highest BCUT2D eigenvalue weighted by atomic mass is 79.9. The van der Waals surface area contributed by atoms with E-state index in [1.54, 1.807) is 6.07 Å². The zero-order valence-corrected chi connectivity index (χ0v) is 14.2. The number of carboxylic acids is 1. The average molecular weight is 382 g/mol. The van der Waals surface area contributed by atoms with Crippen LogP contribution >= 0.6 is 27.3 Å². The molecule has 0 saturated carbocycles. The van der Waals surface area contributed by atoms with Crippen molar-refractivity contribution < 1.29 is 18.3 Å². The summed E-state index contributed by atoms with van der Waals surface area (Å²) in [6, 6.07) is 1.66. The lowest BCUT2D eigenvalue weighted by Gasteiger charge is -2.30. The quantitative estimate of drug-likeness (QED) is 0.869. The smallest absolute Gasteiger partial charge is 0.303 e. The van der Waals surface area contributed by atoms with Crippen LogP contribution in [0.2, 0.25) is 0 Å². The van der Waals surface area contributed by atoms with Crippen molar-refractivity contribution in [1.29, 1.82) is 0 Å². The fourth-order valence-corrected chi connectivity index (χ4v) is 6.28. The van der Waals surface area contributed by atoms with Crippen LogP contribution in [-0.4, -0.2) is 36.9 Å². The minimum atomic E-state index is -3.50. The van der Waals surface area contributed by atoms with Crippen LogP contribution in [0.1, 0.15) is 24.8 Å². The van der Waals surface area contributed by atoms with Crippen molar-refractivity contribution in [3.8, 4) is 0 Å². The molecule has 0 radical (unpaired) electrons. The standard InChI is InChI=1S/C12H16BrNO4S2/c1-8-5-11(19-12(8)13)20(17,18)14-4-2-3-9(7-14)6-10(15)16/h5,9H,2-4,6-7H2,1H3,(H,15,16). The molecule has 8 heteroatoms. The number of aliphatic carboxylic acids is 1. The highest BCUT2D eigenvalue weighted by Crippen LogP contribution is 2.34. The van der Waals surface area contributed by atoms with Crippen LogP contribution in [0.3, 0.4) is 0 Å². The monoisotopic (exact) mass is 381 g/mol. The number of piperidine rings is 1. The summed E-state index contributed by atoms with van der Waals surface area (Å²) >= 11 is 4.54. The first-order chi connectivity index (χ1) is 9.30. The SMILES string of the molecule is Cc1cc(S(=O)(=O)N2CCCC(CC(=O)O)C2)sc1Br. The van der Waals surface area contributed by atoms with Crippen molar-refractivity contribution >= 4 is 43.3 Å². The van der Waals surface area contributed by atoms with E-state index in [9.17, 15) is 13.2 Å². The van der Waals surface area contributed by atoms with E-state index < -0.39 is 16.0 Å². The Bertz CT molecular complexity index is 591. The molecule has 0 aromatic carbocycles. The van der Waals surface area contributed by atoms with Gasteiger partial charge in [0.15, 0.2) is 0 Å². The Balaban J connectivity index is 2.19. The van der Waals surface area contributed by atoms with E-state index in [0.717, 1.165) is 15.8 Å². The minimum absolute atomic E-state index is 0.0270. The fraction of sp³-hybridized carbons (Fsp3) is 0.583. The van der Waals surface area contributed by atoms with Gasteiger partial charge in [0.2, 0.25) is 0 Å². The third kappa shape index (κ3) is 3.41. The molecule has 2 rings (SSSR count). The summed E-state index contributed by atoms with van der Waals surface area (Å²) in [5, 5.41) is 8.84. The Morgan fingerprint density at radius 2 is 2.30 bits per heavy atom. The molecule has 1 aliphatic heterocycles. The predicted molar refractivity (Wildman–Crippen MR) is 80.5 cm³/mol. The van der Waals surface area contributed by atoms with E-state index in [0.29, 0.717) is 23.7 Å². The second-order valence-electron chi connectivity index (χ2n) is 4.99. The highest BCUT2D eigenvalue weighted by molar-refractivity contribution is 9.11. The van der Waals surface area contributed by atoms with Gasteiger partial charge in [-0.25, -0.2) is 8.42 Å². The summed E-state index contributed by atoms with van der Waals surface area (Å²) < 4.78 is 27.7. The number of rotatable bonds is 4. The maximum absolute atomic E-state index is 12.6. The van der Waals surface area contributed by atoms with Crippen molar-refractivity contribution in [2.75, 3.05) is 13.1 Å². The Morgan fingerprint density at radius 1 is 1.60 bits per heavy atom. The Morgan fingerprint density at radius 3 is 2.85 bits per heavy atom. The zero-order chi connectivity index (χ0) is 14.9. The van der Waals surface area contributed by atoms with Gasteiger partial charge < -0.3 is 5.11 Å². The molecule has 20 heavy (non-hydrogen) atoms. The Labute approximate surface area is 130 Å². The number of hydrogen-bond donors (Lipinski definition) is 1. The Hall–Kier alpha value is -0.440. The molecule has 1 N–H and O–H groups in total. The van der Waals surface area contributed by atoms with E-state index in [4.69, 9.17) is 5.11 Å². The van der Waals surface area contributed by atoms with Crippen molar-refractivity contribution in [3.05, 3.63) is 15.4 Å². The Kier molecular flexibility index (Phi) is 4.88. The number of carbonyl (C=O) groups is 1. The molecule has 1 fully saturated rings. The lowest BCUT2D eigenvalue weighted by Crippen LogP contribution is -2.40. The van der Waals surface area contributed by atoms with Gasteiger partial charge in [0.25, 0.3) is 10.0 Å². The number of halogens is 1. The lowest BCUT2D eigenvalue weighted by atomic mass is 9.96. The summed E-state index contributed by atoms with van der Waals surface area (Å²) in [5.74, 6) is -0.968. The molecule has 1 atom stereocenters. The molecule has 1 aromatic rings. The molecule has 2 heterocycles. The predicted octanol–water partition coefficient (Wildman–Crippen LogP) is 2.69. The summed E-state index contributed by atoms with van der Waals surface area (Å²) in [6.07, 6.45) is 1.51. The van der Waals surface area contributed by atoms with Crippen molar-refractivity contribution in [2.24, 2.45) is 5.92 Å². The molecular formula is C12H16BrNO4S2. The molecule has 5 nitrogen and oxygen atoms in total. The van der Waals surface area contributed by atoms with Gasteiger partial charge in [0, 0.05) is 19.5 Å². The molecule has 0 aliphatic carbocycles. The van der Waals surface area contributed by atoms with Gasteiger partial charge in [0.05, 0.1) is 3.79 Å². The van der Waals surface area contributed by atoms with Crippen LogP contribution in [-0.2, 0) is 14.8 Å². The van der Waals surface area contributed by atoms with Crippen LogP contribution in [0.15, 0.2) is 14.1 Å². The fourth-order valence-electron chi connectivity index (χ4n) is 2.34. The van der Waals surface area contributed by atoms with Crippen LogP contribution in [0.4, 0.5) is 0 Å². The number of aryl methyl sites for hydroxylation is 1. The van der Waals surface area contributed by atoms with E-state index in [1.165, 1.54) is 15.6 Å². The normalized spacial score (nSPS) is 21.0. The summed E-state index contributed by atoms with van der Waals surface area (Å²) in [7, 11) is -3.50. The number of sulfonamides is 1. The van der Waals surface area contributed by atoms with Gasteiger partial charge in [-0.2, -0.15) is 4.31 Å². The molecule has 1 aromatic heterocycles. The number of thiophene rings is 1. The van der Waals surface area contributed by atoms with E-state index in [-0.39, 0.29) is 12.3 Å². The molecule has 1 saturated heterocycles. The largest absolute Gasteiger partial charge is 0.481 e. The second-order valence-corrected chi connectivity index (χ2v) is 9.53. The van der Waals surface area contributed by atoms with E-state index in [2.05, 4.69) is 15.9 Å². The van der Waals surface area contributed by atoms with Gasteiger partial charge in [-0.1, -0.05) is 0 Å². The van der Waals surface area contributed by atoms with Crippen molar-refractivity contribution in [3.63, 3.8) is 0 Å². The number of hydrogen-bond acceptors (Lipinski definition) is 4. The van der Waals surface area contributed by atoms with Gasteiger partial charge in [-0.3, -0.25) is 4.79 Å². The first-order valence-electron chi connectivity index (χ1n) is 6.28. The van der Waals surface area contributed by atoms with Crippen LogP contribution in [0, 0.1) is 12.8 Å². The number of nitrogens with zero attached hydrogens (tertiary/aromatic N) is 1. The summed E-state index contributed by atoms with van der Waals surface area (Å²) in [4.78, 5) is 10.8. The van der Waals surface area contributed by atoms with Crippen molar-refractivity contribution in [1.82, 2.24) is 4.31 Å². The van der Waals surface area contributed by atoms with Gasteiger partial charge in [0.1, 0.15) is 4.21 Å². The maximum Gasteiger partial charge on any atom is 0.303 e. The van der Waals surface area contributed by atoms with Gasteiger partial charge >= 0.3 is 5.97 Å². The van der Waals surface area contributed by atoms with E-state index >= 15 is 0 Å². The van der Waals surface area contributed by atoms with Crippen LogP contribution in [0.5, 0.6) is 0 Å². The zero-order valence-electron chi connectivity index (χ0n) is 11.0.